The van der Waals surface area contributed by atoms with E-state index in [1.165, 1.54) is 25.7 Å². The number of aromatic nitrogens is 2. The van der Waals surface area contributed by atoms with Gasteiger partial charge in [-0.25, -0.2) is 4.98 Å². The van der Waals surface area contributed by atoms with Gasteiger partial charge < -0.3 is 15.5 Å². The molecule has 0 spiro atoms. The van der Waals surface area contributed by atoms with E-state index in [4.69, 9.17) is 0 Å². The lowest BCUT2D eigenvalue weighted by molar-refractivity contribution is 0.726. The summed E-state index contributed by atoms with van der Waals surface area (Å²) in [4.78, 5) is 15.7. The lowest BCUT2D eigenvalue weighted by Gasteiger charge is -2.21. The molecule has 0 amide bonds. The van der Waals surface area contributed by atoms with Crippen LogP contribution in [0.2, 0.25) is 0 Å². The average Bonchev–Trinajstić information content (AvgIpc) is 3.01. The number of nitrogens with zero attached hydrogens (tertiary/aromatic N) is 4. The summed E-state index contributed by atoms with van der Waals surface area (Å²) < 4.78 is 0. The van der Waals surface area contributed by atoms with Gasteiger partial charge in [-0.15, -0.1) is 24.0 Å². The number of hydrogen-bond donors (Lipinski definition) is 2. The molecule has 2 N–H and O–H groups in total. The molecule has 2 aromatic heterocycles. The van der Waals surface area contributed by atoms with Crippen molar-refractivity contribution in [3.63, 3.8) is 0 Å². The van der Waals surface area contributed by atoms with Gasteiger partial charge in [0.05, 0.1) is 0 Å². The van der Waals surface area contributed by atoms with E-state index in [-0.39, 0.29) is 24.0 Å². The van der Waals surface area contributed by atoms with Crippen molar-refractivity contribution in [3.05, 3.63) is 54.0 Å². The molecule has 1 saturated heterocycles. The number of rotatable bonds is 6. The average molecular weight is 494 g/mol. The lowest BCUT2D eigenvalue weighted by atomic mass is 10.2. The number of anilines is 1. The number of nitrogens with one attached hydrogen (secondary N) is 2. The van der Waals surface area contributed by atoms with Gasteiger partial charge in [-0.3, -0.25) is 9.98 Å². The van der Waals surface area contributed by atoms with Crippen LogP contribution in [0.4, 0.5) is 5.82 Å². The standard InChI is InChI=1S/C21H30N6.HI/c1-22-21(24-13-11-19-8-4-5-12-23-19)26-17-18-9-10-20(25-16-18)27-14-6-2-3-7-15-27;/h4-5,8-10,12,16H,2-3,6-7,11,13-15,17H2,1H3,(H2,22,24,26);1H. The molecule has 1 fully saturated rings. The zero-order valence-electron chi connectivity index (χ0n) is 16.6. The van der Waals surface area contributed by atoms with Gasteiger partial charge in [0, 0.05) is 57.7 Å². The summed E-state index contributed by atoms with van der Waals surface area (Å²) >= 11 is 0. The first kappa shape index (κ1) is 22.4. The Kier molecular flexibility index (Phi) is 10.0. The van der Waals surface area contributed by atoms with Crippen molar-refractivity contribution in [3.8, 4) is 0 Å². The zero-order valence-corrected chi connectivity index (χ0v) is 18.9. The predicted octanol–water partition coefficient (Wildman–Crippen LogP) is 3.38. The summed E-state index contributed by atoms with van der Waals surface area (Å²) in [5, 5.41) is 6.67. The highest BCUT2D eigenvalue weighted by Crippen LogP contribution is 2.17. The third-order valence-electron chi connectivity index (χ3n) is 4.82. The van der Waals surface area contributed by atoms with Crippen LogP contribution in [0.3, 0.4) is 0 Å². The molecule has 1 aliphatic heterocycles. The maximum absolute atomic E-state index is 4.67. The molecule has 0 aromatic carbocycles. The molecule has 0 unspecified atom stereocenters. The van der Waals surface area contributed by atoms with Crippen molar-refractivity contribution in [2.24, 2.45) is 4.99 Å². The smallest absolute Gasteiger partial charge is 0.191 e. The van der Waals surface area contributed by atoms with Gasteiger partial charge >= 0.3 is 0 Å². The first-order valence-corrected chi connectivity index (χ1v) is 9.89. The summed E-state index contributed by atoms with van der Waals surface area (Å²) in [6.45, 7) is 3.74. The normalized spacial score (nSPS) is 14.8. The Balaban J connectivity index is 0.00000280. The Morgan fingerprint density at radius 2 is 1.86 bits per heavy atom. The van der Waals surface area contributed by atoms with E-state index in [2.05, 4.69) is 42.6 Å². The summed E-state index contributed by atoms with van der Waals surface area (Å²) in [6, 6.07) is 10.3. The van der Waals surface area contributed by atoms with Crippen LogP contribution in [0.5, 0.6) is 0 Å². The van der Waals surface area contributed by atoms with Crippen LogP contribution in [-0.2, 0) is 13.0 Å². The summed E-state index contributed by atoms with van der Waals surface area (Å²) in [7, 11) is 1.79. The maximum atomic E-state index is 4.67. The van der Waals surface area contributed by atoms with Crippen molar-refractivity contribution < 1.29 is 0 Å². The van der Waals surface area contributed by atoms with E-state index in [0.29, 0.717) is 6.54 Å². The van der Waals surface area contributed by atoms with Gasteiger partial charge in [0.15, 0.2) is 5.96 Å². The van der Waals surface area contributed by atoms with Crippen molar-refractivity contribution in [1.82, 2.24) is 20.6 Å². The monoisotopic (exact) mass is 494 g/mol. The third kappa shape index (κ3) is 7.26. The largest absolute Gasteiger partial charge is 0.357 e. The van der Waals surface area contributed by atoms with Gasteiger partial charge in [0.25, 0.3) is 0 Å². The van der Waals surface area contributed by atoms with Crippen LogP contribution in [0.1, 0.15) is 36.9 Å². The summed E-state index contributed by atoms with van der Waals surface area (Å²) in [5.74, 6) is 1.89. The fourth-order valence-electron chi connectivity index (χ4n) is 3.27. The van der Waals surface area contributed by atoms with Crippen LogP contribution in [-0.4, -0.2) is 42.6 Å². The van der Waals surface area contributed by atoms with E-state index in [0.717, 1.165) is 49.1 Å². The molecule has 3 heterocycles. The van der Waals surface area contributed by atoms with Crippen LogP contribution in [0, 0.1) is 0 Å². The number of guanidine groups is 1. The van der Waals surface area contributed by atoms with Crippen molar-refractivity contribution in [1.29, 1.82) is 0 Å². The second-order valence-electron chi connectivity index (χ2n) is 6.85. The van der Waals surface area contributed by atoms with E-state index in [1.54, 1.807) is 7.05 Å². The molecule has 28 heavy (non-hydrogen) atoms. The Morgan fingerprint density at radius 3 is 2.50 bits per heavy atom. The van der Waals surface area contributed by atoms with Gasteiger partial charge in [0.2, 0.25) is 0 Å². The highest BCUT2D eigenvalue weighted by atomic mass is 127. The minimum atomic E-state index is 0. The molecule has 3 rings (SSSR count). The summed E-state index contributed by atoms with van der Waals surface area (Å²) in [5.41, 5.74) is 2.23. The molecule has 1 aliphatic rings. The fourth-order valence-corrected chi connectivity index (χ4v) is 3.27. The fraction of sp³-hybridized carbons (Fsp3) is 0.476. The molecular formula is C21H31IN6. The van der Waals surface area contributed by atoms with E-state index in [9.17, 15) is 0 Å². The van der Waals surface area contributed by atoms with Crippen LogP contribution in [0.25, 0.3) is 0 Å². The SMILES string of the molecule is CN=C(NCCc1ccccn1)NCc1ccc(N2CCCCCC2)nc1.I. The first-order valence-electron chi connectivity index (χ1n) is 9.89. The Morgan fingerprint density at radius 1 is 1.04 bits per heavy atom. The predicted molar refractivity (Wildman–Crippen MR) is 126 cm³/mol. The topological polar surface area (TPSA) is 65.4 Å². The number of aliphatic imine (C=N–C) groups is 1. The second kappa shape index (κ2) is 12.5. The van der Waals surface area contributed by atoms with Crippen molar-refractivity contribution >= 4 is 35.8 Å². The minimum Gasteiger partial charge on any atom is -0.357 e. The maximum Gasteiger partial charge on any atom is 0.191 e. The molecule has 2 aromatic rings. The highest BCUT2D eigenvalue weighted by Gasteiger charge is 2.10. The highest BCUT2D eigenvalue weighted by molar-refractivity contribution is 14.0. The van der Waals surface area contributed by atoms with Gasteiger partial charge in [-0.05, 0) is 36.6 Å². The molecule has 6 nitrogen and oxygen atoms in total. The van der Waals surface area contributed by atoms with Crippen LogP contribution >= 0.6 is 24.0 Å². The van der Waals surface area contributed by atoms with E-state index >= 15 is 0 Å². The number of hydrogen-bond acceptors (Lipinski definition) is 4. The van der Waals surface area contributed by atoms with Gasteiger partial charge in [-0.1, -0.05) is 25.0 Å². The Labute approximate surface area is 185 Å². The lowest BCUT2D eigenvalue weighted by Crippen LogP contribution is -2.38. The molecular weight excluding hydrogens is 463 g/mol. The summed E-state index contributed by atoms with van der Waals surface area (Å²) in [6.07, 6.45) is 9.87. The molecule has 0 aliphatic carbocycles. The van der Waals surface area contributed by atoms with Gasteiger partial charge in [0.1, 0.15) is 5.82 Å². The van der Waals surface area contributed by atoms with E-state index < -0.39 is 0 Å². The molecule has 0 bridgehead atoms. The van der Waals surface area contributed by atoms with Crippen LogP contribution in [0.15, 0.2) is 47.7 Å². The van der Waals surface area contributed by atoms with E-state index in [1.807, 2.05) is 30.6 Å². The minimum absolute atomic E-state index is 0. The number of halogens is 1. The van der Waals surface area contributed by atoms with Crippen molar-refractivity contribution in [2.45, 2.75) is 38.6 Å². The molecule has 7 heteroatoms. The first-order chi connectivity index (χ1) is 13.3. The second-order valence-corrected chi connectivity index (χ2v) is 6.85. The van der Waals surface area contributed by atoms with Gasteiger partial charge in [-0.2, -0.15) is 0 Å². The molecule has 0 radical (unpaired) electrons. The molecule has 152 valence electrons. The number of pyridine rings is 2. The zero-order chi connectivity index (χ0) is 18.7. The molecule has 0 saturated carbocycles. The van der Waals surface area contributed by atoms with Crippen molar-refractivity contribution in [2.75, 3.05) is 31.6 Å². The quantitative estimate of drug-likeness (QED) is 0.366. The van der Waals surface area contributed by atoms with Crippen LogP contribution < -0.4 is 15.5 Å². The molecule has 0 atom stereocenters. The third-order valence-corrected chi connectivity index (χ3v) is 4.82. The Bertz CT molecular complexity index is 697. The Hall–Kier alpha value is -1.90.